The van der Waals surface area contributed by atoms with E-state index in [1.807, 2.05) is 0 Å². The number of nitrogens with one attached hydrogen (secondary N) is 1. The summed E-state index contributed by atoms with van der Waals surface area (Å²) in [4.78, 5) is 7.94. The molecule has 1 aromatic carbocycles. The monoisotopic (exact) mass is 397 g/mol. The molecule has 0 bridgehead atoms. The highest BCUT2D eigenvalue weighted by Gasteiger charge is 2.68. The molecule has 6 nitrogen and oxygen atoms in total. The highest BCUT2D eigenvalue weighted by molar-refractivity contribution is 5.52. The van der Waals surface area contributed by atoms with Crippen molar-refractivity contribution < 1.29 is 26.4 Å². The molecule has 2 aromatic heterocycles. The van der Waals surface area contributed by atoms with Crippen LogP contribution in [-0.2, 0) is 5.54 Å². The van der Waals surface area contributed by atoms with Crippen molar-refractivity contribution >= 4 is 5.95 Å². The first-order valence-corrected chi connectivity index (χ1v) is 8.14. The van der Waals surface area contributed by atoms with Crippen molar-refractivity contribution in [2.45, 2.75) is 24.6 Å². The van der Waals surface area contributed by atoms with Crippen LogP contribution in [0.5, 0.6) is 0 Å². The number of anilines is 1. The predicted octanol–water partition coefficient (Wildman–Crippen LogP) is 4.35. The standard InChI is InChI=1S/C17H12F5N5O/c18-12(19)14-27-26-13(28-14)9-7-23-15(24-8-9)25-16(6-11(16)17(20,21)22)10-4-2-1-3-5-10/h1-5,7-8,11-12H,6H2,(H,23,24,25). The van der Waals surface area contributed by atoms with Gasteiger partial charge >= 0.3 is 12.6 Å². The van der Waals surface area contributed by atoms with E-state index in [1.54, 1.807) is 30.3 Å². The molecular weight excluding hydrogens is 385 g/mol. The first kappa shape index (κ1) is 18.3. The average molecular weight is 397 g/mol. The van der Waals surface area contributed by atoms with E-state index in [9.17, 15) is 22.0 Å². The van der Waals surface area contributed by atoms with Crippen molar-refractivity contribution in [2.24, 2.45) is 5.92 Å². The smallest absolute Gasteiger partial charge is 0.394 e. The number of hydrogen-bond donors (Lipinski definition) is 1. The molecule has 0 amide bonds. The van der Waals surface area contributed by atoms with E-state index in [0.29, 0.717) is 5.56 Å². The molecule has 2 heterocycles. The Hall–Kier alpha value is -3.11. The minimum Gasteiger partial charge on any atom is -0.415 e. The van der Waals surface area contributed by atoms with Crippen molar-refractivity contribution in [2.75, 3.05) is 5.32 Å². The van der Waals surface area contributed by atoms with Crippen molar-refractivity contribution in [3.63, 3.8) is 0 Å². The van der Waals surface area contributed by atoms with Gasteiger partial charge in [-0.2, -0.15) is 22.0 Å². The van der Waals surface area contributed by atoms with Crippen LogP contribution >= 0.6 is 0 Å². The lowest BCUT2D eigenvalue weighted by atomic mass is 10.0. The summed E-state index contributed by atoms with van der Waals surface area (Å²) >= 11 is 0. The first-order valence-electron chi connectivity index (χ1n) is 8.14. The van der Waals surface area contributed by atoms with Crippen LogP contribution in [0.3, 0.4) is 0 Å². The molecular formula is C17H12F5N5O. The molecule has 0 spiro atoms. The molecule has 28 heavy (non-hydrogen) atoms. The number of benzene rings is 1. The first-order chi connectivity index (χ1) is 13.3. The minimum absolute atomic E-state index is 0.0343. The fraction of sp³-hybridized carbons (Fsp3) is 0.294. The lowest BCUT2D eigenvalue weighted by molar-refractivity contribution is -0.151. The Kier molecular flexibility index (Phi) is 4.24. The second-order valence-corrected chi connectivity index (χ2v) is 6.30. The van der Waals surface area contributed by atoms with E-state index in [1.165, 1.54) is 12.4 Å². The number of nitrogens with zero attached hydrogens (tertiary/aromatic N) is 4. The van der Waals surface area contributed by atoms with Crippen LogP contribution in [0, 0.1) is 5.92 Å². The summed E-state index contributed by atoms with van der Waals surface area (Å²) in [5, 5.41) is 9.44. The molecule has 3 aromatic rings. The van der Waals surface area contributed by atoms with Crippen LogP contribution in [0.1, 0.15) is 24.3 Å². The van der Waals surface area contributed by atoms with Crippen molar-refractivity contribution in [3.05, 3.63) is 54.2 Å². The third-order valence-corrected chi connectivity index (χ3v) is 4.51. The Morgan fingerprint density at radius 2 is 1.75 bits per heavy atom. The summed E-state index contributed by atoms with van der Waals surface area (Å²) in [7, 11) is 0. The lowest BCUT2D eigenvalue weighted by Gasteiger charge is -2.21. The van der Waals surface area contributed by atoms with E-state index < -0.39 is 29.9 Å². The molecule has 1 fully saturated rings. The molecule has 0 radical (unpaired) electrons. The third kappa shape index (κ3) is 3.27. The van der Waals surface area contributed by atoms with Gasteiger partial charge in [0.15, 0.2) is 0 Å². The number of hydrogen-bond acceptors (Lipinski definition) is 6. The second-order valence-electron chi connectivity index (χ2n) is 6.30. The van der Waals surface area contributed by atoms with Gasteiger partial charge in [0.25, 0.3) is 11.8 Å². The number of halogens is 5. The average Bonchev–Trinajstić information content (AvgIpc) is 3.20. The number of rotatable bonds is 5. The van der Waals surface area contributed by atoms with Gasteiger partial charge < -0.3 is 9.73 Å². The summed E-state index contributed by atoms with van der Waals surface area (Å²) in [5.74, 6) is -2.66. The molecule has 0 aliphatic heterocycles. The summed E-state index contributed by atoms with van der Waals surface area (Å²) in [6.07, 6.45) is -5.02. The molecule has 1 aliphatic carbocycles. The van der Waals surface area contributed by atoms with Gasteiger partial charge in [0, 0.05) is 12.4 Å². The fourth-order valence-electron chi connectivity index (χ4n) is 3.07. The highest BCUT2D eigenvalue weighted by atomic mass is 19.4. The summed E-state index contributed by atoms with van der Waals surface area (Å²) in [6.45, 7) is 0. The van der Waals surface area contributed by atoms with E-state index >= 15 is 0 Å². The third-order valence-electron chi connectivity index (χ3n) is 4.51. The maximum atomic E-state index is 13.3. The molecule has 2 atom stereocenters. The van der Waals surface area contributed by atoms with Crippen LogP contribution in [0.25, 0.3) is 11.5 Å². The lowest BCUT2D eigenvalue weighted by Crippen LogP contribution is -2.28. The highest BCUT2D eigenvalue weighted by Crippen LogP contribution is 2.60. The summed E-state index contributed by atoms with van der Waals surface area (Å²) in [5.41, 5.74) is -0.709. The van der Waals surface area contributed by atoms with Crippen LogP contribution in [-0.4, -0.2) is 26.3 Å². The van der Waals surface area contributed by atoms with Crippen LogP contribution in [0.2, 0.25) is 0 Å². The largest absolute Gasteiger partial charge is 0.415 e. The van der Waals surface area contributed by atoms with E-state index in [0.717, 1.165) is 0 Å². The molecule has 0 saturated heterocycles. The van der Waals surface area contributed by atoms with Gasteiger partial charge in [0.05, 0.1) is 17.0 Å². The fourth-order valence-corrected chi connectivity index (χ4v) is 3.07. The van der Waals surface area contributed by atoms with Gasteiger partial charge in [-0.25, -0.2) is 9.97 Å². The Labute approximate surface area is 154 Å². The van der Waals surface area contributed by atoms with Gasteiger partial charge in [-0.15, -0.1) is 10.2 Å². The van der Waals surface area contributed by atoms with Gasteiger partial charge in [-0.3, -0.25) is 0 Å². The van der Waals surface area contributed by atoms with E-state index in [2.05, 4.69) is 25.5 Å². The van der Waals surface area contributed by atoms with Crippen molar-refractivity contribution in [3.8, 4) is 11.5 Å². The predicted molar refractivity (Wildman–Crippen MR) is 86.2 cm³/mol. The molecule has 2 unspecified atom stereocenters. The zero-order chi connectivity index (χ0) is 19.9. The summed E-state index contributed by atoms with van der Waals surface area (Å²) in [6, 6.07) is 8.25. The van der Waals surface area contributed by atoms with Crippen molar-refractivity contribution in [1.82, 2.24) is 20.2 Å². The van der Waals surface area contributed by atoms with Gasteiger partial charge in [-0.05, 0) is 12.0 Å². The Morgan fingerprint density at radius 3 is 2.29 bits per heavy atom. The van der Waals surface area contributed by atoms with Gasteiger partial charge in [0.1, 0.15) is 0 Å². The Balaban J connectivity index is 1.58. The molecule has 4 rings (SSSR count). The molecule has 146 valence electrons. The normalized spacial score (nSPS) is 21.7. The molecule has 11 heteroatoms. The quantitative estimate of drug-likeness (QED) is 0.645. The minimum atomic E-state index is -4.38. The zero-order valence-electron chi connectivity index (χ0n) is 14.0. The number of aromatic nitrogens is 4. The maximum absolute atomic E-state index is 13.3. The molecule has 1 N–H and O–H groups in total. The maximum Gasteiger partial charge on any atom is 0.394 e. The van der Waals surface area contributed by atoms with E-state index in [4.69, 9.17) is 4.42 Å². The molecule has 1 aliphatic rings. The van der Waals surface area contributed by atoms with Crippen LogP contribution in [0.15, 0.2) is 47.1 Å². The SMILES string of the molecule is FC(F)c1nnc(-c2cnc(NC3(c4ccccc4)CC3C(F)(F)F)nc2)o1. The van der Waals surface area contributed by atoms with Crippen molar-refractivity contribution in [1.29, 1.82) is 0 Å². The van der Waals surface area contributed by atoms with E-state index in [-0.39, 0.29) is 23.8 Å². The van der Waals surface area contributed by atoms with Gasteiger partial charge in [0.2, 0.25) is 5.95 Å². The summed E-state index contributed by atoms with van der Waals surface area (Å²) < 4.78 is 69.8. The zero-order valence-corrected chi connectivity index (χ0v) is 14.0. The second kappa shape index (κ2) is 6.50. The van der Waals surface area contributed by atoms with Gasteiger partial charge in [-0.1, -0.05) is 30.3 Å². The number of alkyl halides is 5. The Bertz CT molecular complexity index is 960. The Morgan fingerprint density at radius 1 is 1.07 bits per heavy atom. The van der Waals surface area contributed by atoms with Crippen LogP contribution < -0.4 is 5.32 Å². The topological polar surface area (TPSA) is 76.7 Å². The molecule has 1 saturated carbocycles. The van der Waals surface area contributed by atoms with Crippen LogP contribution in [0.4, 0.5) is 27.9 Å².